The Balaban J connectivity index is 1.64. The number of hydrogen-bond donors (Lipinski definition) is 1. The smallest absolute Gasteiger partial charge is 0.334 e. The van der Waals surface area contributed by atoms with E-state index in [0.717, 1.165) is 5.57 Å². The van der Waals surface area contributed by atoms with E-state index in [0.29, 0.717) is 23.3 Å². The van der Waals surface area contributed by atoms with Crippen molar-refractivity contribution >= 4 is 11.9 Å². The van der Waals surface area contributed by atoms with E-state index in [2.05, 4.69) is 6.58 Å². The molecule has 1 aromatic rings. The van der Waals surface area contributed by atoms with Gasteiger partial charge in [0, 0.05) is 29.6 Å². The number of esters is 2. The second-order valence-electron chi connectivity index (χ2n) is 7.78. The second-order valence-corrected chi connectivity index (χ2v) is 7.78. The van der Waals surface area contributed by atoms with Gasteiger partial charge in [0.2, 0.25) is 0 Å². The lowest BCUT2D eigenvalue weighted by Crippen LogP contribution is -2.32. The van der Waals surface area contributed by atoms with Crippen molar-refractivity contribution in [2.24, 2.45) is 5.92 Å². The van der Waals surface area contributed by atoms with E-state index >= 15 is 0 Å². The molecule has 2 bridgehead atoms. The van der Waals surface area contributed by atoms with Gasteiger partial charge in [-0.15, -0.1) is 0 Å². The van der Waals surface area contributed by atoms with Gasteiger partial charge in [0.25, 0.3) is 0 Å². The van der Waals surface area contributed by atoms with Crippen LogP contribution in [0.5, 0.6) is 5.75 Å². The van der Waals surface area contributed by atoms with Crippen molar-refractivity contribution in [1.29, 1.82) is 0 Å². The van der Waals surface area contributed by atoms with Gasteiger partial charge in [0.05, 0.1) is 19.1 Å². The fourth-order valence-electron chi connectivity index (χ4n) is 4.12. The molecule has 1 aromatic carbocycles. The Hall–Kier alpha value is -2.90. The van der Waals surface area contributed by atoms with Gasteiger partial charge in [-0.1, -0.05) is 30.4 Å². The minimum Gasteiger partial charge on any atom is -0.497 e. The first-order valence-electron chi connectivity index (χ1n) is 9.82. The van der Waals surface area contributed by atoms with E-state index in [1.807, 2.05) is 13.0 Å². The normalized spacial score (nSPS) is 31.1. The highest BCUT2D eigenvalue weighted by atomic mass is 16.6. The van der Waals surface area contributed by atoms with Gasteiger partial charge in [0.15, 0.2) is 6.29 Å². The van der Waals surface area contributed by atoms with Gasteiger partial charge in [-0.3, -0.25) is 0 Å². The van der Waals surface area contributed by atoms with Gasteiger partial charge < -0.3 is 24.1 Å². The molecule has 0 amide bonds. The number of benzene rings is 1. The lowest BCUT2D eigenvalue weighted by molar-refractivity contribution is -0.148. The monoisotopic (exact) mass is 412 g/mol. The number of carbonyl (C=O) groups excluding carboxylic acids is 2. The molecule has 2 aliphatic heterocycles. The quantitative estimate of drug-likeness (QED) is 0.352. The highest BCUT2D eigenvalue weighted by Crippen LogP contribution is 2.39. The maximum absolute atomic E-state index is 12.3. The number of rotatable bonds is 4. The lowest BCUT2D eigenvalue weighted by atomic mass is 9.85. The van der Waals surface area contributed by atoms with Gasteiger partial charge in [-0.25, -0.2) is 9.59 Å². The first-order valence-corrected chi connectivity index (χ1v) is 9.82. The van der Waals surface area contributed by atoms with Crippen LogP contribution in [-0.2, 0) is 23.8 Å². The van der Waals surface area contributed by atoms with Crippen molar-refractivity contribution in [3.63, 3.8) is 0 Å². The Morgan fingerprint density at radius 2 is 1.83 bits per heavy atom. The summed E-state index contributed by atoms with van der Waals surface area (Å²) >= 11 is 0. The van der Waals surface area contributed by atoms with Crippen LogP contribution in [0.4, 0.5) is 0 Å². The second kappa shape index (κ2) is 8.08. The molecule has 1 fully saturated rings. The first-order chi connectivity index (χ1) is 14.4. The summed E-state index contributed by atoms with van der Waals surface area (Å²) in [6, 6.07) is 6.88. The summed E-state index contributed by atoms with van der Waals surface area (Å²) in [5, 5.41) is 10.7. The molecule has 0 radical (unpaired) electrons. The average Bonchev–Trinajstić information content (AvgIpc) is 3.19. The fourth-order valence-corrected chi connectivity index (χ4v) is 4.12. The highest BCUT2D eigenvalue weighted by Gasteiger charge is 2.46. The van der Waals surface area contributed by atoms with Crippen molar-refractivity contribution in [3.8, 4) is 5.75 Å². The standard InChI is InChI=1S/C23H24O7/c1-12-8-17-10-15(23(26)28-17)11-19-20(13(2)21(24)29-19)18(9-12)30-22(25)14-4-6-16(27-3)7-5-14/h4-7,9-10,17-20,22,25H,2,8,11H2,1,3H3/b12-9+/t17-,18-,19+,20+,22?/m1/s1. The van der Waals surface area contributed by atoms with Crippen LogP contribution in [0.15, 0.2) is 59.7 Å². The molecule has 2 heterocycles. The zero-order chi connectivity index (χ0) is 21.4. The van der Waals surface area contributed by atoms with Crippen LogP contribution >= 0.6 is 0 Å². The fraction of sp³-hybridized carbons (Fsp3) is 0.391. The van der Waals surface area contributed by atoms with Crippen LogP contribution < -0.4 is 4.74 Å². The molecule has 7 heteroatoms. The largest absolute Gasteiger partial charge is 0.497 e. The van der Waals surface area contributed by atoms with Crippen LogP contribution in [0.2, 0.25) is 0 Å². The third kappa shape index (κ3) is 3.91. The summed E-state index contributed by atoms with van der Waals surface area (Å²) < 4.78 is 22.0. The lowest BCUT2D eigenvalue weighted by Gasteiger charge is -2.28. The van der Waals surface area contributed by atoms with E-state index < -0.39 is 36.4 Å². The summed E-state index contributed by atoms with van der Waals surface area (Å²) in [5.74, 6) is -0.785. The predicted molar refractivity (Wildman–Crippen MR) is 106 cm³/mol. The van der Waals surface area contributed by atoms with Crippen molar-refractivity contribution in [3.05, 3.63) is 65.3 Å². The molecule has 1 N–H and O–H groups in total. The summed E-state index contributed by atoms with van der Waals surface area (Å²) in [6.45, 7) is 5.78. The number of aliphatic hydroxyl groups excluding tert-OH is 1. The van der Waals surface area contributed by atoms with E-state index in [1.54, 1.807) is 37.5 Å². The molecule has 4 rings (SSSR count). The zero-order valence-electron chi connectivity index (χ0n) is 16.9. The molecule has 30 heavy (non-hydrogen) atoms. The minimum absolute atomic E-state index is 0.218. The molecule has 1 saturated heterocycles. The van der Waals surface area contributed by atoms with Crippen LogP contribution in [0.1, 0.15) is 31.6 Å². The van der Waals surface area contributed by atoms with Crippen molar-refractivity contribution in [1.82, 2.24) is 0 Å². The van der Waals surface area contributed by atoms with Crippen LogP contribution in [0.3, 0.4) is 0 Å². The molecule has 1 unspecified atom stereocenters. The molecular weight excluding hydrogens is 388 g/mol. The maximum atomic E-state index is 12.3. The molecule has 5 atom stereocenters. The van der Waals surface area contributed by atoms with E-state index in [4.69, 9.17) is 18.9 Å². The molecule has 3 aliphatic rings. The summed E-state index contributed by atoms with van der Waals surface area (Å²) in [4.78, 5) is 24.5. The van der Waals surface area contributed by atoms with Gasteiger partial charge in [-0.2, -0.15) is 0 Å². The Morgan fingerprint density at radius 3 is 2.53 bits per heavy atom. The molecule has 158 valence electrons. The number of methoxy groups -OCH3 is 1. The van der Waals surface area contributed by atoms with Crippen LogP contribution in [0.25, 0.3) is 0 Å². The predicted octanol–water partition coefficient (Wildman–Crippen LogP) is 2.76. The summed E-state index contributed by atoms with van der Waals surface area (Å²) in [6.07, 6.45) is 1.49. The van der Waals surface area contributed by atoms with Gasteiger partial charge in [0.1, 0.15) is 18.0 Å². The highest BCUT2D eigenvalue weighted by molar-refractivity contribution is 5.93. The Morgan fingerprint density at radius 1 is 1.10 bits per heavy atom. The van der Waals surface area contributed by atoms with Crippen molar-refractivity contribution in [2.75, 3.05) is 7.11 Å². The number of hydrogen-bond acceptors (Lipinski definition) is 7. The van der Waals surface area contributed by atoms with Crippen LogP contribution in [-0.4, -0.2) is 42.5 Å². The molecule has 1 aliphatic carbocycles. The topological polar surface area (TPSA) is 91.3 Å². The first kappa shape index (κ1) is 20.4. The average molecular weight is 412 g/mol. The number of carbonyl (C=O) groups is 2. The third-order valence-electron chi connectivity index (χ3n) is 5.67. The van der Waals surface area contributed by atoms with Gasteiger partial charge >= 0.3 is 11.9 Å². The molecule has 0 saturated carbocycles. The van der Waals surface area contributed by atoms with E-state index in [9.17, 15) is 14.7 Å². The SMILES string of the molecule is C=C1C(=O)O[C@H]2CC3=C[C@@H](C/C(C)=C/[C@@H](OC(O)c4ccc(OC)cc4)[C@H]12)OC3=O. The zero-order valence-corrected chi connectivity index (χ0v) is 16.9. The maximum Gasteiger partial charge on any atom is 0.334 e. The van der Waals surface area contributed by atoms with E-state index in [-0.39, 0.29) is 18.1 Å². The van der Waals surface area contributed by atoms with Crippen molar-refractivity contribution in [2.45, 2.75) is 44.4 Å². The van der Waals surface area contributed by atoms with Crippen molar-refractivity contribution < 1.29 is 33.6 Å². The molecular formula is C23H24O7. The molecule has 0 spiro atoms. The Kier molecular flexibility index (Phi) is 5.49. The number of ether oxygens (including phenoxy) is 4. The Bertz CT molecular complexity index is 927. The summed E-state index contributed by atoms with van der Waals surface area (Å²) in [5.41, 5.74) is 2.21. The number of aliphatic hydroxyl groups is 1. The molecule has 0 aromatic heterocycles. The van der Waals surface area contributed by atoms with E-state index in [1.165, 1.54) is 0 Å². The molecule has 7 nitrogen and oxygen atoms in total. The number of fused-ring (bicyclic) bond motifs is 2. The third-order valence-corrected chi connectivity index (χ3v) is 5.67. The summed E-state index contributed by atoms with van der Waals surface area (Å²) in [7, 11) is 1.56. The minimum atomic E-state index is -1.23. The van der Waals surface area contributed by atoms with Crippen LogP contribution in [0, 0.1) is 5.92 Å². The Labute approximate surface area is 174 Å². The van der Waals surface area contributed by atoms with Gasteiger partial charge in [-0.05, 0) is 25.1 Å².